The van der Waals surface area contributed by atoms with E-state index < -0.39 is 27.8 Å². The SMILES string of the molecule is CO[C@@H]1C[C@H](COCC2CCCCC2)N(Cc2ccc(C(=O)N[C@@H](CCS(C)(=O)=O)C(=O)O)c(-c3ccccc3C)c2)C1. The molecule has 0 radical (unpaired) electrons. The fourth-order valence-electron chi connectivity index (χ4n) is 6.25. The number of benzene rings is 2. The fraction of sp³-hybridized carbons (Fsp3) is 0.576. The highest BCUT2D eigenvalue weighted by molar-refractivity contribution is 7.90. The summed E-state index contributed by atoms with van der Waals surface area (Å²) in [6, 6.07) is 12.3. The number of hydrogen-bond donors (Lipinski definition) is 2. The van der Waals surface area contributed by atoms with Crippen LogP contribution in [-0.2, 0) is 30.7 Å². The van der Waals surface area contributed by atoms with Gasteiger partial charge in [0, 0.05) is 44.7 Å². The van der Waals surface area contributed by atoms with Crippen molar-refractivity contribution in [2.24, 2.45) is 5.92 Å². The maximum Gasteiger partial charge on any atom is 0.326 e. The molecule has 1 heterocycles. The first kappa shape index (κ1) is 33.1. The number of hydrogen-bond acceptors (Lipinski definition) is 7. The molecule has 1 aliphatic carbocycles. The minimum absolute atomic E-state index is 0.129. The fourth-order valence-corrected chi connectivity index (χ4v) is 6.91. The zero-order valence-corrected chi connectivity index (χ0v) is 26.4. The Kier molecular flexibility index (Phi) is 11.8. The van der Waals surface area contributed by atoms with E-state index in [2.05, 4.69) is 10.2 Å². The van der Waals surface area contributed by atoms with E-state index in [1.54, 1.807) is 13.2 Å². The predicted molar refractivity (Wildman–Crippen MR) is 167 cm³/mol. The van der Waals surface area contributed by atoms with E-state index in [0.29, 0.717) is 30.2 Å². The molecule has 236 valence electrons. The van der Waals surface area contributed by atoms with Crippen LogP contribution in [0.3, 0.4) is 0 Å². The number of aryl methyl sites for hydroxylation is 1. The number of methoxy groups -OCH3 is 1. The molecule has 2 fully saturated rings. The first-order chi connectivity index (χ1) is 20.5. The van der Waals surface area contributed by atoms with Crippen LogP contribution in [0.5, 0.6) is 0 Å². The summed E-state index contributed by atoms with van der Waals surface area (Å²) in [7, 11) is -1.64. The molecule has 9 nitrogen and oxygen atoms in total. The van der Waals surface area contributed by atoms with E-state index in [0.717, 1.165) is 42.5 Å². The number of aliphatic carboxylic acids is 1. The molecule has 0 bridgehead atoms. The van der Waals surface area contributed by atoms with Gasteiger partial charge in [0.1, 0.15) is 15.9 Å². The van der Waals surface area contributed by atoms with Crippen LogP contribution in [-0.4, -0.2) is 87.4 Å². The summed E-state index contributed by atoms with van der Waals surface area (Å²) in [5.74, 6) is -1.51. The van der Waals surface area contributed by atoms with Crippen molar-refractivity contribution in [3.8, 4) is 11.1 Å². The molecule has 2 N–H and O–H groups in total. The van der Waals surface area contributed by atoms with Gasteiger partial charge in [-0.25, -0.2) is 13.2 Å². The number of carbonyl (C=O) groups is 2. The number of ether oxygens (including phenoxy) is 2. The zero-order chi connectivity index (χ0) is 31.0. The number of carboxylic acids is 1. The summed E-state index contributed by atoms with van der Waals surface area (Å²) in [6.45, 7) is 4.89. The van der Waals surface area contributed by atoms with Gasteiger partial charge < -0.3 is 19.9 Å². The minimum atomic E-state index is -3.39. The molecule has 10 heteroatoms. The molecule has 43 heavy (non-hydrogen) atoms. The molecule has 2 aromatic carbocycles. The summed E-state index contributed by atoms with van der Waals surface area (Å²) < 4.78 is 35.2. The Morgan fingerprint density at radius 1 is 1.07 bits per heavy atom. The lowest BCUT2D eigenvalue weighted by atomic mass is 9.90. The largest absolute Gasteiger partial charge is 0.480 e. The molecular formula is C33H46N2O7S. The van der Waals surface area contributed by atoms with Crippen molar-refractivity contribution in [3.63, 3.8) is 0 Å². The van der Waals surface area contributed by atoms with Gasteiger partial charge in [0.25, 0.3) is 5.91 Å². The highest BCUT2D eigenvalue weighted by Crippen LogP contribution is 2.31. The number of nitrogens with one attached hydrogen (secondary N) is 1. The molecule has 1 saturated heterocycles. The first-order valence-electron chi connectivity index (χ1n) is 15.3. The van der Waals surface area contributed by atoms with Gasteiger partial charge in [-0.05, 0) is 72.9 Å². The number of carbonyl (C=O) groups excluding carboxylic acids is 1. The number of carboxylic acid groups (broad SMARTS) is 1. The maximum absolute atomic E-state index is 13.5. The van der Waals surface area contributed by atoms with E-state index >= 15 is 0 Å². The smallest absolute Gasteiger partial charge is 0.326 e. The molecular weight excluding hydrogens is 568 g/mol. The summed E-state index contributed by atoms with van der Waals surface area (Å²) >= 11 is 0. The van der Waals surface area contributed by atoms with E-state index in [9.17, 15) is 23.1 Å². The summed E-state index contributed by atoms with van der Waals surface area (Å²) in [6.07, 6.45) is 8.29. The monoisotopic (exact) mass is 614 g/mol. The molecule has 3 atom stereocenters. The predicted octanol–water partition coefficient (Wildman–Crippen LogP) is 4.47. The van der Waals surface area contributed by atoms with Crippen LogP contribution in [0.2, 0.25) is 0 Å². The topological polar surface area (TPSA) is 122 Å². The Labute approximate surface area is 255 Å². The first-order valence-corrected chi connectivity index (χ1v) is 17.3. The Bertz CT molecular complexity index is 1360. The standard InChI is InChI=1S/C33H46N2O7S/c1-23-9-7-8-12-28(23)30-17-25(13-14-29(30)32(36)34-31(33(37)38)15-16-43(3,39)40)19-35-20-27(41-2)18-26(35)22-42-21-24-10-5-4-6-11-24/h7-9,12-14,17,24,26-27,31H,4-6,10-11,15-16,18-22H2,1-3H3,(H,34,36)(H,37,38)/t26-,27-,31+/m1/s1. The average molecular weight is 615 g/mol. The third-order valence-corrected chi connectivity index (χ3v) is 9.72. The van der Waals surface area contributed by atoms with Gasteiger partial charge in [0.15, 0.2) is 0 Å². The highest BCUT2D eigenvalue weighted by atomic mass is 32.2. The summed E-state index contributed by atoms with van der Waals surface area (Å²) in [5.41, 5.74) is 3.92. The highest BCUT2D eigenvalue weighted by Gasteiger charge is 2.33. The van der Waals surface area contributed by atoms with Crippen LogP contribution in [0.25, 0.3) is 11.1 Å². The Morgan fingerprint density at radius 2 is 1.81 bits per heavy atom. The van der Waals surface area contributed by atoms with Gasteiger partial charge in [-0.3, -0.25) is 9.69 Å². The number of nitrogens with zero attached hydrogens (tertiary/aromatic N) is 1. The molecule has 0 unspecified atom stereocenters. The van der Waals surface area contributed by atoms with Crippen molar-refractivity contribution in [1.29, 1.82) is 0 Å². The van der Waals surface area contributed by atoms with E-state index in [-0.39, 0.29) is 24.3 Å². The molecule has 2 aromatic rings. The van der Waals surface area contributed by atoms with E-state index in [4.69, 9.17) is 9.47 Å². The number of likely N-dealkylation sites (tertiary alicyclic amines) is 1. The van der Waals surface area contributed by atoms with Gasteiger partial charge in [-0.15, -0.1) is 0 Å². The van der Waals surface area contributed by atoms with Crippen LogP contribution in [0, 0.1) is 12.8 Å². The Hall–Kier alpha value is -2.79. The van der Waals surface area contributed by atoms with E-state index in [1.165, 1.54) is 32.1 Å². The average Bonchev–Trinajstić information content (AvgIpc) is 3.36. The second kappa shape index (κ2) is 15.3. The van der Waals surface area contributed by atoms with Crippen molar-refractivity contribution in [2.45, 2.75) is 76.6 Å². The second-order valence-corrected chi connectivity index (χ2v) is 14.5. The van der Waals surface area contributed by atoms with Crippen LogP contribution < -0.4 is 5.32 Å². The molecule has 1 saturated carbocycles. The Morgan fingerprint density at radius 3 is 2.49 bits per heavy atom. The zero-order valence-electron chi connectivity index (χ0n) is 25.6. The number of rotatable bonds is 14. The molecule has 0 spiro atoms. The number of amides is 1. The summed E-state index contributed by atoms with van der Waals surface area (Å²) in [4.78, 5) is 27.7. The van der Waals surface area contributed by atoms with Gasteiger partial charge in [-0.1, -0.05) is 49.6 Å². The van der Waals surface area contributed by atoms with Gasteiger partial charge >= 0.3 is 5.97 Å². The van der Waals surface area contributed by atoms with Gasteiger partial charge in [0.2, 0.25) is 0 Å². The normalized spacial score (nSPS) is 20.6. The molecule has 4 rings (SSSR count). The lowest BCUT2D eigenvalue weighted by molar-refractivity contribution is -0.139. The van der Waals surface area contributed by atoms with E-state index in [1.807, 2.05) is 43.3 Å². The molecule has 0 aromatic heterocycles. The van der Waals surface area contributed by atoms with Crippen molar-refractivity contribution in [1.82, 2.24) is 10.2 Å². The van der Waals surface area contributed by atoms with Crippen molar-refractivity contribution in [2.75, 3.05) is 38.9 Å². The molecule has 2 aliphatic rings. The van der Waals surface area contributed by atoms with Crippen LogP contribution in [0.1, 0.15) is 66.4 Å². The van der Waals surface area contributed by atoms with Crippen molar-refractivity contribution in [3.05, 3.63) is 59.2 Å². The summed E-state index contributed by atoms with van der Waals surface area (Å²) in [5, 5.41) is 12.2. The van der Waals surface area contributed by atoms with Crippen LogP contribution in [0.15, 0.2) is 42.5 Å². The van der Waals surface area contributed by atoms with Crippen LogP contribution >= 0.6 is 0 Å². The Balaban J connectivity index is 1.54. The lowest BCUT2D eigenvalue weighted by Crippen LogP contribution is -2.42. The second-order valence-electron chi connectivity index (χ2n) is 12.2. The molecule has 1 amide bonds. The third-order valence-electron chi connectivity index (χ3n) is 8.74. The number of sulfone groups is 1. The quantitative estimate of drug-likeness (QED) is 0.320. The van der Waals surface area contributed by atoms with Crippen LogP contribution in [0.4, 0.5) is 0 Å². The third kappa shape index (κ3) is 9.60. The van der Waals surface area contributed by atoms with Gasteiger partial charge in [-0.2, -0.15) is 0 Å². The molecule has 1 aliphatic heterocycles. The van der Waals surface area contributed by atoms with Gasteiger partial charge in [0.05, 0.1) is 18.5 Å². The van der Waals surface area contributed by atoms with Crippen molar-refractivity contribution < 1.29 is 32.6 Å². The maximum atomic E-state index is 13.5. The minimum Gasteiger partial charge on any atom is -0.480 e. The van der Waals surface area contributed by atoms with Crippen molar-refractivity contribution >= 4 is 21.7 Å². The lowest BCUT2D eigenvalue weighted by Gasteiger charge is -2.26.